The van der Waals surface area contributed by atoms with Gasteiger partial charge in [-0.25, -0.2) is 4.79 Å². The van der Waals surface area contributed by atoms with E-state index in [-0.39, 0.29) is 23.7 Å². The quantitative estimate of drug-likeness (QED) is 0.624. The second-order valence-electron chi connectivity index (χ2n) is 5.18. The molecule has 8 nitrogen and oxygen atoms in total. The van der Waals surface area contributed by atoms with Crippen molar-refractivity contribution in [1.82, 2.24) is 10.5 Å². The van der Waals surface area contributed by atoms with Gasteiger partial charge in [-0.3, -0.25) is 4.79 Å². The average Bonchev–Trinajstić information content (AvgIpc) is 3.10. The van der Waals surface area contributed by atoms with Crippen molar-refractivity contribution in [3.63, 3.8) is 0 Å². The van der Waals surface area contributed by atoms with E-state index in [9.17, 15) is 14.6 Å². The summed E-state index contributed by atoms with van der Waals surface area (Å²) in [5.74, 6) is -1.41. The van der Waals surface area contributed by atoms with E-state index in [1.54, 1.807) is 25.1 Å². The first kappa shape index (κ1) is 16.1. The summed E-state index contributed by atoms with van der Waals surface area (Å²) in [6.45, 7) is 1.94. The fraction of sp³-hybridized carbons (Fsp3) is 0.267. The van der Waals surface area contributed by atoms with E-state index in [2.05, 4.69) is 10.5 Å². The Morgan fingerprint density at radius 2 is 2.29 bits per heavy atom. The van der Waals surface area contributed by atoms with E-state index < -0.39 is 24.9 Å². The lowest BCUT2D eigenvalue weighted by atomic mass is 9.72. The molecule has 1 aliphatic rings. The Labute approximate surface area is 137 Å². The highest BCUT2D eigenvalue weighted by molar-refractivity contribution is 6.47. The number of carbonyl (C=O) groups is 2. The molecule has 0 spiro atoms. The van der Waals surface area contributed by atoms with Crippen LogP contribution in [-0.2, 0) is 11.2 Å². The molecule has 0 saturated carbocycles. The lowest BCUT2D eigenvalue weighted by Crippen LogP contribution is -2.53. The summed E-state index contributed by atoms with van der Waals surface area (Å²) in [6.07, 6.45) is 1.65. The molecule has 2 heterocycles. The highest BCUT2D eigenvalue weighted by Gasteiger charge is 2.38. The molecule has 2 aromatic rings. The van der Waals surface area contributed by atoms with Crippen molar-refractivity contribution in [3.05, 3.63) is 47.3 Å². The molecule has 1 aliphatic heterocycles. The number of nitrogens with one attached hydrogen (secondary N) is 1. The number of esters is 1. The van der Waals surface area contributed by atoms with Gasteiger partial charge in [0.25, 0.3) is 5.91 Å². The molecule has 9 heteroatoms. The van der Waals surface area contributed by atoms with Crippen molar-refractivity contribution in [2.75, 3.05) is 6.61 Å². The summed E-state index contributed by atoms with van der Waals surface area (Å²) in [5, 5.41) is 16.2. The molecule has 124 valence electrons. The van der Waals surface area contributed by atoms with Crippen LogP contribution in [0.5, 0.6) is 5.75 Å². The number of hydrogen-bond acceptors (Lipinski definition) is 7. The summed E-state index contributed by atoms with van der Waals surface area (Å²) < 4.78 is 15.2. The lowest BCUT2D eigenvalue weighted by molar-refractivity contribution is 0.0523. The number of rotatable bonds is 4. The van der Waals surface area contributed by atoms with Gasteiger partial charge in [-0.05, 0) is 25.0 Å². The number of ether oxygens (including phenoxy) is 1. The molecule has 24 heavy (non-hydrogen) atoms. The van der Waals surface area contributed by atoms with Crippen molar-refractivity contribution in [3.8, 4) is 5.75 Å². The SMILES string of the molecule is CCOC(=O)c1cccc2c1OB(O)[C@@H](NC(=O)c1ccno1)C2. The molecule has 0 radical (unpaired) electrons. The molecule has 0 aliphatic carbocycles. The summed E-state index contributed by atoms with van der Waals surface area (Å²) in [7, 11) is -1.31. The fourth-order valence-corrected chi connectivity index (χ4v) is 2.49. The Bertz CT molecular complexity index is 748. The van der Waals surface area contributed by atoms with E-state index in [1.165, 1.54) is 12.3 Å². The van der Waals surface area contributed by atoms with Crippen LogP contribution in [0, 0.1) is 0 Å². The molecule has 2 N–H and O–H groups in total. The van der Waals surface area contributed by atoms with Gasteiger partial charge in [0.2, 0.25) is 5.76 Å². The zero-order valence-corrected chi connectivity index (χ0v) is 12.9. The van der Waals surface area contributed by atoms with Crippen molar-refractivity contribution >= 4 is 19.0 Å². The van der Waals surface area contributed by atoms with Gasteiger partial charge in [0, 0.05) is 6.07 Å². The van der Waals surface area contributed by atoms with Crippen molar-refractivity contribution in [2.45, 2.75) is 19.3 Å². The normalized spacial score (nSPS) is 16.1. The number of amides is 1. The van der Waals surface area contributed by atoms with E-state index in [0.29, 0.717) is 12.0 Å². The molecular formula is C15H15BN2O6. The first-order valence-corrected chi connectivity index (χ1v) is 7.45. The minimum atomic E-state index is -1.31. The van der Waals surface area contributed by atoms with Crippen LogP contribution in [0.15, 0.2) is 35.0 Å². The standard InChI is InChI=1S/C15H15BN2O6/c1-2-22-15(20)10-5-3-4-9-8-12(16(21)23-13(9)10)18-14(19)11-6-7-17-24-11/h3-7,12,21H,2,8H2,1H3,(H,18,19)/t12-/m0/s1. The Morgan fingerprint density at radius 1 is 1.46 bits per heavy atom. The molecule has 1 aromatic heterocycles. The first-order valence-electron chi connectivity index (χ1n) is 7.45. The topological polar surface area (TPSA) is 111 Å². The minimum Gasteiger partial charge on any atom is -0.534 e. The molecule has 0 bridgehead atoms. The third-order valence-corrected chi connectivity index (χ3v) is 3.59. The Morgan fingerprint density at radius 3 is 3.00 bits per heavy atom. The number of fused-ring (bicyclic) bond motifs is 1. The molecular weight excluding hydrogens is 315 g/mol. The summed E-state index contributed by atoms with van der Waals surface area (Å²) >= 11 is 0. The molecule has 3 rings (SSSR count). The maximum atomic E-state index is 12.0. The summed E-state index contributed by atoms with van der Waals surface area (Å²) in [4.78, 5) is 24.0. The van der Waals surface area contributed by atoms with Crippen LogP contribution in [0.1, 0.15) is 33.4 Å². The molecule has 1 atom stereocenters. The van der Waals surface area contributed by atoms with Gasteiger partial charge in [0.1, 0.15) is 11.3 Å². The van der Waals surface area contributed by atoms with Gasteiger partial charge < -0.3 is 24.3 Å². The molecule has 0 unspecified atom stereocenters. The number of hydrogen-bond donors (Lipinski definition) is 2. The van der Waals surface area contributed by atoms with Crippen LogP contribution in [0.4, 0.5) is 0 Å². The first-order chi connectivity index (χ1) is 11.6. The van der Waals surface area contributed by atoms with Gasteiger partial charge in [-0.2, -0.15) is 0 Å². The zero-order chi connectivity index (χ0) is 17.1. The minimum absolute atomic E-state index is 0.0354. The summed E-state index contributed by atoms with van der Waals surface area (Å²) in [5.41, 5.74) is 0.933. The Hall–Kier alpha value is -2.81. The van der Waals surface area contributed by atoms with Crippen molar-refractivity contribution in [2.24, 2.45) is 0 Å². The molecule has 0 fully saturated rings. The summed E-state index contributed by atoms with van der Waals surface area (Å²) in [6, 6.07) is 6.44. The van der Waals surface area contributed by atoms with Crippen LogP contribution in [-0.4, -0.2) is 41.7 Å². The number of aromatic nitrogens is 1. The monoisotopic (exact) mass is 330 g/mol. The smallest absolute Gasteiger partial charge is 0.534 e. The fourth-order valence-electron chi connectivity index (χ4n) is 2.49. The number of nitrogens with zero attached hydrogens (tertiary/aromatic N) is 1. The third kappa shape index (κ3) is 3.11. The number of benzene rings is 1. The Kier molecular flexibility index (Phi) is 4.52. The van der Waals surface area contributed by atoms with Gasteiger partial charge in [0.05, 0.1) is 18.7 Å². The third-order valence-electron chi connectivity index (χ3n) is 3.59. The van der Waals surface area contributed by atoms with Gasteiger partial charge in [0.15, 0.2) is 0 Å². The lowest BCUT2D eigenvalue weighted by Gasteiger charge is -2.28. The maximum absolute atomic E-state index is 12.0. The van der Waals surface area contributed by atoms with Crippen LogP contribution >= 0.6 is 0 Å². The molecule has 1 amide bonds. The Balaban J connectivity index is 1.79. The predicted molar refractivity (Wildman–Crippen MR) is 82.5 cm³/mol. The second-order valence-corrected chi connectivity index (χ2v) is 5.18. The highest BCUT2D eigenvalue weighted by atomic mass is 16.5. The van der Waals surface area contributed by atoms with Crippen molar-refractivity contribution in [1.29, 1.82) is 0 Å². The largest absolute Gasteiger partial charge is 0.547 e. The van der Waals surface area contributed by atoms with Crippen molar-refractivity contribution < 1.29 is 28.5 Å². The van der Waals surface area contributed by atoms with E-state index in [0.717, 1.165) is 0 Å². The van der Waals surface area contributed by atoms with Crippen LogP contribution in [0.2, 0.25) is 0 Å². The zero-order valence-electron chi connectivity index (χ0n) is 12.9. The maximum Gasteiger partial charge on any atom is 0.547 e. The van der Waals surface area contributed by atoms with E-state index in [1.807, 2.05) is 0 Å². The van der Waals surface area contributed by atoms with E-state index >= 15 is 0 Å². The van der Waals surface area contributed by atoms with Gasteiger partial charge >= 0.3 is 13.1 Å². The number of carbonyl (C=O) groups excluding carboxylic acids is 2. The average molecular weight is 330 g/mol. The van der Waals surface area contributed by atoms with Gasteiger partial charge in [-0.15, -0.1) is 0 Å². The van der Waals surface area contributed by atoms with E-state index in [4.69, 9.17) is 13.9 Å². The second kappa shape index (κ2) is 6.75. The molecule has 0 saturated heterocycles. The number of para-hydroxylation sites is 1. The highest BCUT2D eigenvalue weighted by Crippen LogP contribution is 2.30. The predicted octanol–water partition coefficient (Wildman–Crippen LogP) is 0.604. The van der Waals surface area contributed by atoms with Crippen LogP contribution < -0.4 is 9.97 Å². The van der Waals surface area contributed by atoms with Crippen LogP contribution in [0.25, 0.3) is 0 Å². The molecule has 1 aromatic carbocycles. The van der Waals surface area contributed by atoms with Crippen LogP contribution in [0.3, 0.4) is 0 Å². The van der Waals surface area contributed by atoms with Gasteiger partial charge in [-0.1, -0.05) is 17.3 Å².